The summed E-state index contributed by atoms with van der Waals surface area (Å²) >= 11 is 1.17. The van der Waals surface area contributed by atoms with Gasteiger partial charge >= 0.3 is 5.97 Å². The first-order chi connectivity index (χ1) is 11.9. The van der Waals surface area contributed by atoms with Gasteiger partial charge in [-0.1, -0.05) is 25.2 Å². The van der Waals surface area contributed by atoms with Crippen LogP contribution in [0.1, 0.15) is 46.3 Å². The van der Waals surface area contributed by atoms with Gasteiger partial charge < -0.3 is 10.1 Å². The van der Waals surface area contributed by atoms with Crippen LogP contribution in [0.3, 0.4) is 0 Å². The summed E-state index contributed by atoms with van der Waals surface area (Å²) in [6, 6.07) is 0. The molecule has 4 aromatic heterocycles. The molecule has 0 saturated carbocycles. The number of rotatable bonds is 3. The van der Waals surface area contributed by atoms with Crippen molar-refractivity contribution in [1.82, 2.24) is 24.6 Å². The van der Waals surface area contributed by atoms with Crippen molar-refractivity contribution in [3.05, 3.63) is 34.2 Å². The van der Waals surface area contributed by atoms with Crippen LogP contribution in [-0.4, -0.2) is 35.6 Å². The third kappa shape index (κ3) is 2.25. The standard InChI is InChI=1S/C17H17N5O2S/c1-7(2)11-12(20-15-13(11)21-16(25-15)17(23)24)10-5-22-14(18-6-19-22)9(4)8(10)3/h5-7,20H,1-4H3,(H,23,24). The second kappa shape index (κ2) is 5.38. The molecule has 0 unspecified atom stereocenters. The van der Waals surface area contributed by atoms with Crippen molar-refractivity contribution in [2.24, 2.45) is 0 Å². The molecule has 0 spiro atoms. The first kappa shape index (κ1) is 15.8. The number of nitrogens with zero attached hydrogens (tertiary/aromatic N) is 4. The fourth-order valence-corrected chi connectivity index (χ4v) is 4.03. The molecule has 0 radical (unpaired) electrons. The Morgan fingerprint density at radius 2 is 2.08 bits per heavy atom. The number of aromatic carboxylic acids is 1. The average molecular weight is 355 g/mol. The van der Waals surface area contributed by atoms with Gasteiger partial charge in [-0.2, -0.15) is 5.10 Å². The predicted octanol–water partition coefficient (Wildman–Crippen LogP) is 3.77. The maximum atomic E-state index is 11.2. The number of thiazole rings is 1. The van der Waals surface area contributed by atoms with Crippen molar-refractivity contribution >= 4 is 33.3 Å². The van der Waals surface area contributed by atoms with Gasteiger partial charge in [0.15, 0.2) is 5.65 Å². The highest BCUT2D eigenvalue weighted by atomic mass is 32.1. The van der Waals surface area contributed by atoms with E-state index >= 15 is 0 Å². The lowest BCUT2D eigenvalue weighted by atomic mass is 9.96. The predicted molar refractivity (Wildman–Crippen MR) is 96.5 cm³/mol. The van der Waals surface area contributed by atoms with E-state index in [1.165, 1.54) is 11.3 Å². The summed E-state index contributed by atoms with van der Waals surface area (Å²) in [6.07, 6.45) is 3.51. The van der Waals surface area contributed by atoms with E-state index in [4.69, 9.17) is 0 Å². The quantitative estimate of drug-likeness (QED) is 0.583. The van der Waals surface area contributed by atoms with Gasteiger partial charge in [-0.15, -0.1) is 0 Å². The molecule has 0 atom stereocenters. The molecular weight excluding hydrogens is 338 g/mol. The molecule has 0 fully saturated rings. The monoisotopic (exact) mass is 355 g/mol. The van der Waals surface area contributed by atoms with E-state index in [2.05, 4.69) is 40.8 Å². The fourth-order valence-electron chi connectivity index (χ4n) is 3.21. The normalized spacial score (nSPS) is 11.9. The first-order valence-corrected chi connectivity index (χ1v) is 8.75. The largest absolute Gasteiger partial charge is 0.476 e. The van der Waals surface area contributed by atoms with Gasteiger partial charge in [0, 0.05) is 17.3 Å². The Morgan fingerprint density at radius 1 is 1.32 bits per heavy atom. The van der Waals surface area contributed by atoms with E-state index in [1.54, 1.807) is 10.8 Å². The van der Waals surface area contributed by atoms with E-state index < -0.39 is 5.97 Å². The van der Waals surface area contributed by atoms with E-state index in [-0.39, 0.29) is 10.9 Å². The van der Waals surface area contributed by atoms with Crippen LogP contribution in [0.5, 0.6) is 0 Å². The number of carbonyl (C=O) groups is 1. The van der Waals surface area contributed by atoms with Crippen LogP contribution < -0.4 is 0 Å². The Labute approximate surface area is 147 Å². The summed E-state index contributed by atoms with van der Waals surface area (Å²) in [5.41, 5.74) is 6.80. The number of hydrogen-bond acceptors (Lipinski definition) is 5. The minimum atomic E-state index is -0.998. The topological polar surface area (TPSA) is 96.2 Å². The van der Waals surface area contributed by atoms with Crippen molar-refractivity contribution < 1.29 is 9.90 Å². The number of aryl methyl sites for hydroxylation is 1. The summed E-state index contributed by atoms with van der Waals surface area (Å²) in [7, 11) is 0. The number of aromatic nitrogens is 5. The molecule has 0 amide bonds. The lowest BCUT2D eigenvalue weighted by Gasteiger charge is -2.13. The van der Waals surface area contributed by atoms with Crippen LogP contribution >= 0.6 is 11.3 Å². The van der Waals surface area contributed by atoms with Crippen molar-refractivity contribution in [2.75, 3.05) is 0 Å². The van der Waals surface area contributed by atoms with Crippen molar-refractivity contribution in [3.63, 3.8) is 0 Å². The van der Waals surface area contributed by atoms with Crippen LogP contribution in [0.4, 0.5) is 0 Å². The number of aromatic amines is 1. The average Bonchev–Trinajstić information content (AvgIpc) is 3.22. The van der Waals surface area contributed by atoms with Crippen LogP contribution in [0.2, 0.25) is 0 Å². The first-order valence-electron chi connectivity index (χ1n) is 7.94. The highest BCUT2D eigenvalue weighted by Gasteiger charge is 2.23. The molecule has 0 aliphatic carbocycles. The van der Waals surface area contributed by atoms with Gasteiger partial charge in [0.05, 0.1) is 5.69 Å². The number of nitrogens with one attached hydrogen (secondary N) is 1. The molecule has 0 aliphatic rings. The Kier molecular flexibility index (Phi) is 3.40. The van der Waals surface area contributed by atoms with E-state index in [0.29, 0.717) is 0 Å². The molecular formula is C17H17N5O2S. The maximum absolute atomic E-state index is 11.2. The molecule has 0 bridgehead atoms. The second-order valence-corrected chi connectivity index (χ2v) is 7.39. The number of fused-ring (bicyclic) bond motifs is 2. The highest BCUT2D eigenvalue weighted by molar-refractivity contribution is 7.19. The van der Waals surface area contributed by atoms with Gasteiger partial charge in [0.2, 0.25) is 5.01 Å². The van der Waals surface area contributed by atoms with Crippen LogP contribution in [0.25, 0.3) is 27.3 Å². The Bertz CT molecular complexity index is 1140. The minimum absolute atomic E-state index is 0.106. The Balaban J connectivity index is 2.04. The lowest BCUT2D eigenvalue weighted by molar-refractivity contribution is 0.0696. The van der Waals surface area contributed by atoms with Gasteiger partial charge in [-0.05, 0) is 30.9 Å². The Morgan fingerprint density at radius 3 is 2.76 bits per heavy atom. The molecule has 8 heteroatoms. The van der Waals surface area contributed by atoms with E-state index in [0.717, 1.165) is 43.9 Å². The number of H-pyrrole nitrogens is 1. The van der Waals surface area contributed by atoms with Gasteiger partial charge in [0.25, 0.3) is 0 Å². The zero-order valence-corrected chi connectivity index (χ0v) is 15.1. The van der Waals surface area contributed by atoms with Crippen LogP contribution in [-0.2, 0) is 0 Å². The molecule has 0 aromatic carbocycles. The van der Waals surface area contributed by atoms with Crippen molar-refractivity contribution in [3.8, 4) is 11.3 Å². The summed E-state index contributed by atoms with van der Waals surface area (Å²) in [5, 5.41) is 13.6. The molecule has 0 saturated heterocycles. The molecule has 0 aliphatic heterocycles. The number of hydrogen-bond donors (Lipinski definition) is 2. The summed E-state index contributed by atoms with van der Waals surface area (Å²) in [5.74, 6) is -0.805. The molecule has 25 heavy (non-hydrogen) atoms. The molecule has 4 heterocycles. The van der Waals surface area contributed by atoms with Crippen molar-refractivity contribution in [1.29, 1.82) is 0 Å². The SMILES string of the molecule is Cc1c(-c2[nH]c3sc(C(=O)O)nc3c2C(C)C)cn2ncnc2c1C. The van der Waals surface area contributed by atoms with Gasteiger partial charge in [0.1, 0.15) is 16.7 Å². The smallest absolute Gasteiger partial charge is 0.365 e. The fraction of sp³-hybridized carbons (Fsp3) is 0.294. The van der Waals surface area contributed by atoms with Gasteiger partial charge in [-0.3, -0.25) is 0 Å². The number of carboxylic acids is 1. The zero-order valence-electron chi connectivity index (χ0n) is 14.3. The summed E-state index contributed by atoms with van der Waals surface area (Å²) in [4.78, 5) is 24.1. The molecule has 2 N–H and O–H groups in total. The summed E-state index contributed by atoms with van der Waals surface area (Å²) < 4.78 is 1.77. The maximum Gasteiger partial charge on any atom is 0.365 e. The minimum Gasteiger partial charge on any atom is -0.476 e. The summed E-state index contributed by atoms with van der Waals surface area (Å²) in [6.45, 7) is 8.27. The van der Waals surface area contributed by atoms with Crippen LogP contribution in [0, 0.1) is 13.8 Å². The van der Waals surface area contributed by atoms with Gasteiger partial charge in [-0.25, -0.2) is 19.3 Å². The van der Waals surface area contributed by atoms with E-state index in [9.17, 15) is 9.90 Å². The number of pyridine rings is 1. The molecule has 7 nitrogen and oxygen atoms in total. The molecule has 4 aromatic rings. The highest BCUT2D eigenvalue weighted by Crippen LogP contribution is 2.39. The molecule has 128 valence electrons. The van der Waals surface area contributed by atoms with E-state index in [1.807, 2.05) is 13.1 Å². The molecule has 4 rings (SSSR count). The third-order valence-electron chi connectivity index (χ3n) is 4.55. The second-order valence-electron chi connectivity index (χ2n) is 6.39. The lowest BCUT2D eigenvalue weighted by Crippen LogP contribution is -2.00. The van der Waals surface area contributed by atoms with Crippen LogP contribution in [0.15, 0.2) is 12.5 Å². The van der Waals surface area contributed by atoms with Crippen molar-refractivity contribution in [2.45, 2.75) is 33.6 Å². The Hall–Kier alpha value is -2.74. The third-order valence-corrected chi connectivity index (χ3v) is 5.50. The number of carboxylic acid groups (broad SMARTS) is 1. The zero-order chi connectivity index (χ0) is 17.9.